The van der Waals surface area contributed by atoms with Gasteiger partial charge in [0, 0.05) is 13.1 Å². The second-order valence-electron chi connectivity index (χ2n) is 6.09. The quantitative estimate of drug-likeness (QED) is 0.872. The van der Waals surface area contributed by atoms with Crippen LogP contribution in [0.5, 0.6) is 0 Å². The fourth-order valence-electron chi connectivity index (χ4n) is 2.59. The largest absolute Gasteiger partial charge is 0.321 e. The van der Waals surface area contributed by atoms with Crippen molar-refractivity contribution in [1.82, 2.24) is 15.1 Å². The molecule has 1 aromatic rings. The van der Waals surface area contributed by atoms with Gasteiger partial charge in [0.1, 0.15) is 6.17 Å². The lowest BCUT2D eigenvalue weighted by Gasteiger charge is -2.27. The van der Waals surface area contributed by atoms with E-state index in [0.717, 1.165) is 19.6 Å². The monoisotopic (exact) mass is 289 g/mol. The summed E-state index contributed by atoms with van der Waals surface area (Å²) in [5.41, 5.74) is 2.50. The van der Waals surface area contributed by atoms with E-state index in [0.29, 0.717) is 12.5 Å². The molecule has 116 valence electrons. The molecule has 1 aliphatic rings. The highest BCUT2D eigenvalue weighted by Gasteiger charge is 2.31. The zero-order valence-corrected chi connectivity index (χ0v) is 13.6. The van der Waals surface area contributed by atoms with Crippen LogP contribution in [0, 0.1) is 0 Å². The van der Waals surface area contributed by atoms with Gasteiger partial charge in [-0.05, 0) is 30.6 Å². The Morgan fingerprint density at radius 2 is 2.00 bits per heavy atom. The summed E-state index contributed by atoms with van der Waals surface area (Å²) < 4.78 is 0. The van der Waals surface area contributed by atoms with Gasteiger partial charge in [0.05, 0.1) is 6.54 Å². The van der Waals surface area contributed by atoms with Gasteiger partial charge in [-0.25, -0.2) is 0 Å². The topological polar surface area (TPSA) is 35.6 Å². The van der Waals surface area contributed by atoms with Crippen LogP contribution in [0.1, 0.15) is 44.0 Å². The van der Waals surface area contributed by atoms with Gasteiger partial charge in [-0.2, -0.15) is 0 Å². The molecule has 4 nitrogen and oxygen atoms in total. The van der Waals surface area contributed by atoms with E-state index in [1.165, 1.54) is 11.1 Å². The molecule has 0 bridgehead atoms. The number of rotatable bonds is 6. The van der Waals surface area contributed by atoms with E-state index < -0.39 is 0 Å². The third-order valence-electron chi connectivity index (χ3n) is 4.26. The summed E-state index contributed by atoms with van der Waals surface area (Å²) >= 11 is 0. The van der Waals surface area contributed by atoms with Crippen molar-refractivity contribution in [2.45, 2.75) is 32.9 Å². The van der Waals surface area contributed by atoms with Crippen molar-refractivity contribution in [1.29, 1.82) is 0 Å². The Hall–Kier alpha value is -1.39. The molecule has 1 N–H and O–H groups in total. The molecule has 1 heterocycles. The Bertz CT molecular complexity index is 469. The van der Waals surface area contributed by atoms with Crippen molar-refractivity contribution in [3.63, 3.8) is 0 Å². The molecule has 2 rings (SSSR count). The van der Waals surface area contributed by atoms with Crippen molar-refractivity contribution < 1.29 is 4.79 Å². The molecule has 1 atom stereocenters. The number of hydrogen-bond acceptors (Lipinski definition) is 3. The zero-order chi connectivity index (χ0) is 15.4. The van der Waals surface area contributed by atoms with Crippen LogP contribution < -0.4 is 5.32 Å². The lowest BCUT2D eigenvalue weighted by Crippen LogP contribution is -2.37. The van der Waals surface area contributed by atoms with Crippen LogP contribution in [0.3, 0.4) is 0 Å². The first kappa shape index (κ1) is 16.0. The van der Waals surface area contributed by atoms with E-state index in [4.69, 9.17) is 0 Å². The minimum atomic E-state index is 0.0176. The number of carbonyl (C=O) groups is 1. The Morgan fingerprint density at radius 3 is 2.57 bits per heavy atom. The average molecular weight is 289 g/mol. The summed E-state index contributed by atoms with van der Waals surface area (Å²) in [5, 5.41) is 3.32. The maximum atomic E-state index is 12.1. The van der Waals surface area contributed by atoms with Gasteiger partial charge < -0.3 is 9.80 Å². The fourth-order valence-corrected chi connectivity index (χ4v) is 2.59. The van der Waals surface area contributed by atoms with E-state index in [1.54, 1.807) is 0 Å². The van der Waals surface area contributed by atoms with Crippen LogP contribution in [-0.4, -0.2) is 48.9 Å². The number of carbonyl (C=O) groups excluding carboxylic acids is 1. The smallest absolute Gasteiger partial charge is 0.238 e. The first-order chi connectivity index (χ1) is 10.0. The van der Waals surface area contributed by atoms with Gasteiger partial charge in [0.25, 0.3) is 0 Å². The number of nitrogens with one attached hydrogen (secondary N) is 1. The molecular weight excluding hydrogens is 262 g/mol. The average Bonchev–Trinajstić information content (AvgIpc) is 2.85. The zero-order valence-electron chi connectivity index (χ0n) is 13.6. The molecule has 1 unspecified atom stereocenters. The van der Waals surface area contributed by atoms with Crippen LogP contribution in [0.4, 0.5) is 0 Å². The standard InChI is InChI=1S/C17H27N3O/c1-5-19(4)10-11-20-16(21)12-18-17(20)15-8-6-14(7-9-15)13(2)3/h6-9,13,17-18H,5,10-12H2,1-4H3. The predicted molar refractivity (Wildman–Crippen MR) is 86.2 cm³/mol. The highest BCUT2D eigenvalue weighted by Crippen LogP contribution is 2.24. The Labute approximate surface area is 128 Å². The highest BCUT2D eigenvalue weighted by atomic mass is 16.2. The van der Waals surface area contributed by atoms with Gasteiger partial charge >= 0.3 is 0 Å². The van der Waals surface area contributed by atoms with Crippen molar-refractivity contribution in [3.05, 3.63) is 35.4 Å². The molecule has 1 aliphatic heterocycles. The van der Waals surface area contributed by atoms with Crippen LogP contribution in [-0.2, 0) is 4.79 Å². The lowest BCUT2D eigenvalue weighted by molar-refractivity contribution is -0.128. The molecular formula is C17H27N3O. The Balaban J connectivity index is 2.07. The number of benzene rings is 1. The third-order valence-corrected chi connectivity index (χ3v) is 4.26. The molecule has 0 aliphatic carbocycles. The maximum absolute atomic E-state index is 12.1. The number of nitrogens with zero attached hydrogens (tertiary/aromatic N) is 2. The summed E-state index contributed by atoms with van der Waals surface area (Å²) in [7, 11) is 2.08. The van der Waals surface area contributed by atoms with Gasteiger partial charge in [-0.15, -0.1) is 0 Å². The molecule has 0 saturated carbocycles. The first-order valence-electron chi connectivity index (χ1n) is 7.84. The molecule has 1 amide bonds. The summed E-state index contributed by atoms with van der Waals surface area (Å²) in [6.45, 7) is 9.64. The Kier molecular flexibility index (Phi) is 5.37. The predicted octanol–water partition coefficient (Wildman–Crippen LogP) is 2.19. The fraction of sp³-hybridized carbons (Fsp3) is 0.588. The van der Waals surface area contributed by atoms with Crippen LogP contribution in [0.15, 0.2) is 24.3 Å². The lowest BCUT2D eigenvalue weighted by atomic mass is 10.0. The normalized spacial score (nSPS) is 19.0. The number of hydrogen-bond donors (Lipinski definition) is 1. The van der Waals surface area contributed by atoms with E-state index in [1.807, 2.05) is 4.90 Å². The molecule has 1 saturated heterocycles. The van der Waals surface area contributed by atoms with Crippen LogP contribution in [0.25, 0.3) is 0 Å². The van der Waals surface area contributed by atoms with Gasteiger partial charge in [-0.1, -0.05) is 45.0 Å². The molecule has 21 heavy (non-hydrogen) atoms. The number of likely N-dealkylation sites (N-methyl/N-ethyl adjacent to an activating group) is 1. The van der Waals surface area contributed by atoms with Crippen LogP contribution >= 0.6 is 0 Å². The van der Waals surface area contributed by atoms with Gasteiger partial charge in [0.2, 0.25) is 5.91 Å². The van der Waals surface area contributed by atoms with E-state index in [-0.39, 0.29) is 12.1 Å². The molecule has 1 fully saturated rings. The summed E-state index contributed by atoms with van der Waals surface area (Å²) in [6, 6.07) is 8.62. The second kappa shape index (κ2) is 7.05. The molecule has 4 heteroatoms. The van der Waals surface area contributed by atoms with E-state index in [2.05, 4.69) is 62.3 Å². The third kappa shape index (κ3) is 3.83. The minimum Gasteiger partial charge on any atom is -0.321 e. The van der Waals surface area contributed by atoms with Gasteiger partial charge in [-0.3, -0.25) is 10.1 Å². The van der Waals surface area contributed by atoms with Crippen molar-refractivity contribution in [3.8, 4) is 0 Å². The summed E-state index contributed by atoms with van der Waals surface area (Å²) in [4.78, 5) is 16.3. The van der Waals surface area contributed by atoms with E-state index in [9.17, 15) is 4.79 Å². The van der Waals surface area contributed by atoms with Crippen molar-refractivity contribution >= 4 is 5.91 Å². The van der Waals surface area contributed by atoms with Gasteiger partial charge in [0.15, 0.2) is 0 Å². The second-order valence-corrected chi connectivity index (χ2v) is 6.09. The Morgan fingerprint density at radius 1 is 1.33 bits per heavy atom. The van der Waals surface area contributed by atoms with E-state index >= 15 is 0 Å². The maximum Gasteiger partial charge on any atom is 0.238 e. The van der Waals surface area contributed by atoms with Crippen molar-refractivity contribution in [2.75, 3.05) is 33.2 Å². The summed E-state index contributed by atoms with van der Waals surface area (Å²) in [5.74, 6) is 0.726. The highest BCUT2D eigenvalue weighted by molar-refractivity contribution is 5.81. The molecule has 0 radical (unpaired) electrons. The summed E-state index contributed by atoms with van der Waals surface area (Å²) in [6.07, 6.45) is 0.0176. The van der Waals surface area contributed by atoms with Crippen molar-refractivity contribution in [2.24, 2.45) is 0 Å². The first-order valence-corrected chi connectivity index (χ1v) is 7.84. The minimum absolute atomic E-state index is 0.0176. The number of amides is 1. The molecule has 0 spiro atoms. The van der Waals surface area contributed by atoms with Crippen LogP contribution in [0.2, 0.25) is 0 Å². The molecule has 0 aromatic heterocycles. The SMILES string of the molecule is CCN(C)CCN1C(=O)CNC1c1ccc(C(C)C)cc1. The molecule has 1 aromatic carbocycles.